The number of non-ortho nitro benzene ring substituents is 1. The van der Waals surface area contributed by atoms with Crippen LogP contribution in [0.2, 0.25) is 0 Å². The molecule has 0 aliphatic rings. The van der Waals surface area contributed by atoms with E-state index in [1.54, 1.807) is 12.1 Å². The molecule has 0 fully saturated rings. The lowest BCUT2D eigenvalue weighted by Gasteiger charge is -2.09. The zero-order valence-electron chi connectivity index (χ0n) is 11.1. The van der Waals surface area contributed by atoms with E-state index in [1.807, 2.05) is 13.8 Å². The first kappa shape index (κ1) is 13.8. The van der Waals surface area contributed by atoms with Crippen LogP contribution in [0.4, 0.5) is 5.69 Å². The third kappa shape index (κ3) is 2.69. The molecule has 104 valence electrons. The van der Waals surface area contributed by atoms with Crippen LogP contribution in [0.5, 0.6) is 5.75 Å². The Morgan fingerprint density at radius 2 is 2.00 bits per heavy atom. The fourth-order valence-corrected chi connectivity index (χ4v) is 1.96. The highest BCUT2D eigenvalue weighted by molar-refractivity contribution is 6.01. The van der Waals surface area contributed by atoms with Gasteiger partial charge >= 0.3 is 0 Å². The van der Waals surface area contributed by atoms with E-state index in [1.165, 1.54) is 12.1 Å². The number of carbonyl (C=O) groups excluding carboxylic acids is 1. The molecule has 2 N–H and O–H groups in total. The van der Waals surface area contributed by atoms with Crippen molar-refractivity contribution in [2.75, 3.05) is 0 Å². The van der Waals surface area contributed by atoms with E-state index in [4.69, 9.17) is 0 Å². The van der Waals surface area contributed by atoms with E-state index >= 15 is 0 Å². The summed E-state index contributed by atoms with van der Waals surface area (Å²) in [4.78, 5) is 22.4. The third-order valence-corrected chi connectivity index (χ3v) is 2.80. The van der Waals surface area contributed by atoms with Crippen molar-refractivity contribution in [1.29, 1.82) is 0 Å². The number of aromatic hydroxyl groups is 1. The Kier molecular flexibility index (Phi) is 3.56. The molecule has 2 aromatic carbocycles. The van der Waals surface area contributed by atoms with Crippen LogP contribution in [-0.4, -0.2) is 22.0 Å². The Morgan fingerprint density at radius 3 is 2.60 bits per heavy atom. The van der Waals surface area contributed by atoms with Crippen LogP contribution in [0.15, 0.2) is 30.3 Å². The normalized spacial score (nSPS) is 10.8. The van der Waals surface area contributed by atoms with Crippen LogP contribution in [0.1, 0.15) is 24.2 Å². The summed E-state index contributed by atoms with van der Waals surface area (Å²) < 4.78 is 0. The van der Waals surface area contributed by atoms with E-state index in [9.17, 15) is 20.0 Å². The average Bonchev–Trinajstić information content (AvgIpc) is 2.36. The third-order valence-electron chi connectivity index (χ3n) is 2.80. The molecule has 0 saturated carbocycles. The molecule has 0 aromatic heterocycles. The molecule has 0 bridgehead atoms. The second-order valence-corrected chi connectivity index (χ2v) is 4.79. The van der Waals surface area contributed by atoms with E-state index in [-0.39, 0.29) is 23.4 Å². The number of nitro benzene ring substituents is 1. The minimum atomic E-state index is -0.577. The summed E-state index contributed by atoms with van der Waals surface area (Å²) >= 11 is 0. The highest BCUT2D eigenvalue weighted by atomic mass is 16.6. The van der Waals surface area contributed by atoms with Gasteiger partial charge in [-0.1, -0.05) is 6.07 Å². The van der Waals surface area contributed by atoms with Gasteiger partial charge in [-0.15, -0.1) is 0 Å². The molecule has 6 heteroatoms. The van der Waals surface area contributed by atoms with Gasteiger partial charge in [0.2, 0.25) is 0 Å². The summed E-state index contributed by atoms with van der Waals surface area (Å²) in [5.41, 5.74) is 0.124. The lowest BCUT2D eigenvalue weighted by Crippen LogP contribution is -2.29. The van der Waals surface area contributed by atoms with Crippen molar-refractivity contribution < 1.29 is 14.8 Å². The minimum absolute atomic E-state index is 0.0204. The number of rotatable bonds is 3. The van der Waals surface area contributed by atoms with Crippen LogP contribution < -0.4 is 5.32 Å². The maximum atomic E-state index is 11.9. The average molecular weight is 274 g/mol. The molecule has 0 spiro atoms. The van der Waals surface area contributed by atoms with Gasteiger partial charge in [-0.05, 0) is 37.4 Å². The Labute approximate surface area is 115 Å². The number of amides is 1. The number of benzene rings is 2. The highest BCUT2D eigenvalue weighted by Gasteiger charge is 2.16. The van der Waals surface area contributed by atoms with Crippen LogP contribution >= 0.6 is 0 Å². The predicted octanol–water partition coefficient (Wildman–Crippen LogP) is 2.59. The van der Waals surface area contributed by atoms with Crippen molar-refractivity contribution in [2.45, 2.75) is 19.9 Å². The summed E-state index contributed by atoms with van der Waals surface area (Å²) in [5, 5.41) is 24.1. The molecule has 1 amide bonds. The molecular formula is C14H14N2O4. The smallest absolute Gasteiger partial charge is 0.280 e. The number of nitrogens with one attached hydrogen (secondary N) is 1. The predicted molar refractivity (Wildman–Crippen MR) is 74.9 cm³/mol. The number of hydrogen-bond donors (Lipinski definition) is 2. The monoisotopic (exact) mass is 274 g/mol. The van der Waals surface area contributed by atoms with Crippen molar-refractivity contribution in [1.82, 2.24) is 5.32 Å². The van der Waals surface area contributed by atoms with Crippen molar-refractivity contribution in [3.05, 3.63) is 46.0 Å². The molecule has 2 rings (SSSR count). The summed E-state index contributed by atoms with van der Waals surface area (Å²) in [6.45, 7) is 3.67. The van der Waals surface area contributed by atoms with Gasteiger partial charge in [-0.3, -0.25) is 14.9 Å². The van der Waals surface area contributed by atoms with Gasteiger partial charge in [0.05, 0.1) is 16.4 Å². The van der Waals surface area contributed by atoms with Gasteiger partial charge in [-0.25, -0.2) is 0 Å². The molecule has 0 radical (unpaired) electrons. The van der Waals surface area contributed by atoms with Crippen LogP contribution in [-0.2, 0) is 0 Å². The van der Waals surface area contributed by atoms with Crippen molar-refractivity contribution >= 4 is 22.4 Å². The summed E-state index contributed by atoms with van der Waals surface area (Å²) in [7, 11) is 0. The molecule has 0 atom stereocenters. The molecule has 0 aliphatic carbocycles. The van der Waals surface area contributed by atoms with Gasteiger partial charge in [-0.2, -0.15) is 0 Å². The molecule has 6 nitrogen and oxygen atoms in total. The standard InChI is InChI=1S/C14H14N2O4/c1-8(2)15-14(18)10-4-3-9-5-11(17)7-13(16(19)20)12(9)6-10/h3-8,17H,1-2H3,(H,15,18). The summed E-state index contributed by atoms with van der Waals surface area (Å²) in [5.74, 6) is -0.465. The molecule has 0 aliphatic heterocycles. The zero-order valence-corrected chi connectivity index (χ0v) is 11.1. The number of nitro groups is 1. The number of hydrogen-bond acceptors (Lipinski definition) is 4. The number of phenols is 1. The number of nitrogens with zero attached hydrogens (tertiary/aromatic N) is 1. The second kappa shape index (κ2) is 5.16. The van der Waals surface area contributed by atoms with E-state index in [2.05, 4.69) is 5.32 Å². The molecule has 0 unspecified atom stereocenters. The van der Waals surface area contributed by atoms with E-state index < -0.39 is 4.92 Å². The minimum Gasteiger partial charge on any atom is -0.508 e. The van der Waals surface area contributed by atoms with Gasteiger partial charge in [0.15, 0.2) is 0 Å². The largest absolute Gasteiger partial charge is 0.508 e. The first-order valence-electron chi connectivity index (χ1n) is 6.10. The first-order chi connectivity index (χ1) is 9.38. The molecule has 0 saturated heterocycles. The first-order valence-corrected chi connectivity index (χ1v) is 6.10. The fourth-order valence-electron chi connectivity index (χ4n) is 1.96. The van der Waals surface area contributed by atoms with E-state index in [0.29, 0.717) is 16.3 Å². The Bertz CT molecular complexity index is 695. The van der Waals surface area contributed by atoms with Crippen LogP contribution in [0.3, 0.4) is 0 Å². The van der Waals surface area contributed by atoms with Crippen LogP contribution in [0.25, 0.3) is 10.8 Å². The quantitative estimate of drug-likeness (QED) is 0.664. The lowest BCUT2D eigenvalue weighted by atomic mass is 10.0. The van der Waals surface area contributed by atoms with Crippen molar-refractivity contribution in [3.63, 3.8) is 0 Å². The SMILES string of the molecule is CC(C)NC(=O)c1ccc2cc(O)cc([N+](=O)[O-])c2c1. The van der Waals surface area contributed by atoms with E-state index in [0.717, 1.165) is 6.07 Å². The zero-order chi connectivity index (χ0) is 14.9. The maximum Gasteiger partial charge on any atom is 0.280 e. The fraction of sp³-hybridized carbons (Fsp3) is 0.214. The lowest BCUT2D eigenvalue weighted by molar-refractivity contribution is -0.383. The molecule has 2 aromatic rings. The number of phenolic OH excluding ortho intramolecular Hbond substituents is 1. The Morgan fingerprint density at radius 1 is 1.30 bits per heavy atom. The van der Waals surface area contributed by atoms with Crippen molar-refractivity contribution in [2.24, 2.45) is 0 Å². The van der Waals surface area contributed by atoms with Crippen LogP contribution in [0, 0.1) is 10.1 Å². The molecule has 0 heterocycles. The van der Waals surface area contributed by atoms with Gasteiger partial charge in [0.1, 0.15) is 5.75 Å². The Balaban J connectivity index is 2.58. The van der Waals surface area contributed by atoms with Gasteiger partial charge < -0.3 is 10.4 Å². The second-order valence-electron chi connectivity index (χ2n) is 4.79. The number of fused-ring (bicyclic) bond motifs is 1. The number of carbonyl (C=O) groups is 1. The van der Waals surface area contributed by atoms with Crippen molar-refractivity contribution in [3.8, 4) is 5.75 Å². The molecular weight excluding hydrogens is 260 g/mol. The topological polar surface area (TPSA) is 92.5 Å². The van der Waals surface area contributed by atoms with Gasteiger partial charge in [0, 0.05) is 11.6 Å². The molecule has 20 heavy (non-hydrogen) atoms. The maximum absolute atomic E-state index is 11.9. The summed E-state index contributed by atoms with van der Waals surface area (Å²) in [6.07, 6.45) is 0. The highest BCUT2D eigenvalue weighted by Crippen LogP contribution is 2.31. The van der Waals surface area contributed by atoms with Gasteiger partial charge in [0.25, 0.3) is 11.6 Å². The Hall–Kier alpha value is -2.63. The summed E-state index contributed by atoms with van der Waals surface area (Å²) in [6, 6.07) is 7.09.